The number of hydrogen-bond donors (Lipinski definition) is 1. The quantitative estimate of drug-likeness (QED) is 0.602. The fourth-order valence-electron chi connectivity index (χ4n) is 4.65. The summed E-state index contributed by atoms with van der Waals surface area (Å²) >= 11 is 7.54. The SMILES string of the molecule is Cc1c(C(=O)Nc2cc(Cl)ccc2N2CCCC2)sc2nc3n(c(=O)c12)CCCCC3. The van der Waals surface area contributed by atoms with Crippen molar-refractivity contribution in [3.05, 3.63) is 49.8 Å². The number of anilines is 2. The fourth-order valence-corrected chi connectivity index (χ4v) is 5.91. The van der Waals surface area contributed by atoms with Crippen LogP contribution in [0.15, 0.2) is 23.0 Å². The predicted molar refractivity (Wildman–Crippen MR) is 127 cm³/mol. The van der Waals surface area contributed by atoms with E-state index >= 15 is 0 Å². The maximum Gasteiger partial charge on any atom is 0.266 e. The van der Waals surface area contributed by atoms with E-state index < -0.39 is 0 Å². The van der Waals surface area contributed by atoms with Crippen molar-refractivity contribution in [1.29, 1.82) is 0 Å². The summed E-state index contributed by atoms with van der Waals surface area (Å²) in [7, 11) is 0. The number of benzene rings is 1. The molecular weight excluding hydrogens is 432 g/mol. The molecule has 1 fully saturated rings. The number of carbonyl (C=O) groups excluding carboxylic acids is 1. The Morgan fingerprint density at radius 1 is 1.13 bits per heavy atom. The topological polar surface area (TPSA) is 67.2 Å². The van der Waals surface area contributed by atoms with Gasteiger partial charge in [-0.2, -0.15) is 0 Å². The van der Waals surface area contributed by atoms with Gasteiger partial charge in [0, 0.05) is 31.1 Å². The van der Waals surface area contributed by atoms with E-state index in [4.69, 9.17) is 16.6 Å². The lowest BCUT2D eigenvalue weighted by atomic mass is 10.2. The Balaban J connectivity index is 1.53. The highest BCUT2D eigenvalue weighted by molar-refractivity contribution is 7.20. The summed E-state index contributed by atoms with van der Waals surface area (Å²) in [6.45, 7) is 4.49. The van der Waals surface area contributed by atoms with Crippen LogP contribution < -0.4 is 15.8 Å². The molecule has 1 N–H and O–H groups in total. The van der Waals surface area contributed by atoms with Crippen LogP contribution in [0.25, 0.3) is 10.2 Å². The number of hydrogen-bond acceptors (Lipinski definition) is 5. The van der Waals surface area contributed by atoms with E-state index in [1.54, 1.807) is 10.6 Å². The predicted octanol–water partition coefficient (Wildman–Crippen LogP) is 5.00. The molecule has 1 aromatic carbocycles. The van der Waals surface area contributed by atoms with Crippen LogP contribution in [0.3, 0.4) is 0 Å². The molecule has 1 amide bonds. The van der Waals surface area contributed by atoms with Crippen LogP contribution in [0.5, 0.6) is 0 Å². The third kappa shape index (κ3) is 3.74. The van der Waals surface area contributed by atoms with Gasteiger partial charge in [0.2, 0.25) is 0 Å². The molecule has 162 valence electrons. The van der Waals surface area contributed by atoms with Crippen molar-refractivity contribution in [3.8, 4) is 0 Å². The second-order valence-corrected chi connectivity index (χ2v) is 9.78. The number of nitrogens with one attached hydrogen (secondary N) is 1. The van der Waals surface area contributed by atoms with Crippen molar-refractivity contribution in [3.63, 3.8) is 0 Å². The van der Waals surface area contributed by atoms with Crippen LogP contribution in [0, 0.1) is 6.92 Å². The van der Waals surface area contributed by atoms with Crippen molar-refractivity contribution >= 4 is 50.4 Å². The van der Waals surface area contributed by atoms with Gasteiger partial charge in [0.15, 0.2) is 0 Å². The molecule has 0 radical (unpaired) electrons. The molecule has 6 nitrogen and oxygen atoms in total. The summed E-state index contributed by atoms with van der Waals surface area (Å²) in [4.78, 5) is 34.7. The first-order chi connectivity index (χ1) is 15.0. The van der Waals surface area contributed by atoms with Gasteiger partial charge in [0.1, 0.15) is 10.7 Å². The molecule has 2 aliphatic rings. The molecule has 3 aromatic rings. The summed E-state index contributed by atoms with van der Waals surface area (Å²) in [5.41, 5.74) is 2.38. The summed E-state index contributed by atoms with van der Waals surface area (Å²) in [5.74, 6) is 0.622. The van der Waals surface area contributed by atoms with Crippen LogP contribution in [-0.2, 0) is 13.0 Å². The zero-order valence-corrected chi connectivity index (χ0v) is 19.1. The van der Waals surface area contributed by atoms with Crippen molar-refractivity contribution in [2.75, 3.05) is 23.3 Å². The van der Waals surface area contributed by atoms with E-state index in [9.17, 15) is 9.59 Å². The number of halogens is 1. The lowest BCUT2D eigenvalue weighted by Crippen LogP contribution is -2.24. The number of carbonyl (C=O) groups is 1. The molecule has 0 atom stereocenters. The van der Waals surface area contributed by atoms with Crippen molar-refractivity contribution in [1.82, 2.24) is 9.55 Å². The van der Waals surface area contributed by atoms with Crippen LogP contribution >= 0.6 is 22.9 Å². The smallest absolute Gasteiger partial charge is 0.266 e. The number of fused-ring (bicyclic) bond motifs is 2. The molecule has 2 aromatic heterocycles. The molecule has 1 saturated heterocycles. The number of nitrogens with zero attached hydrogens (tertiary/aromatic N) is 3. The number of thiophene rings is 1. The molecular formula is C23H25ClN4O2S. The van der Waals surface area contributed by atoms with Gasteiger partial charge < -0.3 is 10.2 Å². The van der Waals surface area contributed by atoms with E-state index in [1.807, 2.05) is 19.1 Å². The van der Waals surface area contributed by atoms with Crippen LogP contribution in [-0.4, -0.2) is 28.5 Å². The molecule has 0 unspecified atom stereocenters. The summed E-state index contributed by atoms with van der Waals surface area (Å²) in [6.07, 6.45) is 6.25. The molecule has 0 aliphatic carbocycles. The minimum Gasteiger partial charge on any atom is -0.370 e. The standard InChI is InChI=1S/C23H25ClN4O2S/c1-14-19-22(26-18-7-3-2-4-12-28(18)23(19)30)31-20(14)21(29)25-16-13-15(24)8-9-17(16)27-10-5-6-11-27/h8-9,13H,2-7,10-12H2,1H3,(H,25,29). The first-order valence-electron chi connectivity index (χ1n) is 10.9. The molecule has 0 bridgehead atoms. The van der Waals surface area contributed by atoms with E-state index in [0.29, 0.717) is 37.9 Å². The highest BCUT2D eigenvalue weighted by Crippen LogP contribution is 2.34. The number of aromatic nitrogens is 2. The molecule has 5 rings (SSSR count). The number of rotatable bonds is 3. The lowest BCUT2D eigenvalue weighted by molar-refractivity contribution is 0.103. The van der Waals surface area contributed by atoms with Crippen molar-refractivity contribution < 1.29 is 4.79 Å². The molecule has 31 heavy (non-hydrogen) atoms. The highest BCUT2D eigenvalue weighted by atomic mass is 35.5. The first-order valence-corrected chi connectivity index (χ1v) is 12.1. The van der Waals surface area contributed by atoms with Gasteiger partial charge in [0.05, 0.1) is 21.6 Å². The van der Waals surface area contributed by atoms with Crippen molar-refractivity contribution in [2.45, 2.75) is 52.0 Å². The summed E-state index contributed by atoms with van der Waals surface area (Å²) < 4.78 is 1.80. The minimum atomic E-state index is -0.220. The number of aryl methyl sites for hydroxylation is 2. The largest absolute Gasteiger partial charge is 0.370 e. The molecule has 8 heteroatoms. The fraction of sp³-hybridized carbons (Fsp3) is 0.435. The zero-order chi connectivity index (χ0) is 21.5. The van der Waals surface area contributed by atoms with E-state index in [2.05, 4.69) is 10.2 Å². The van der Waals surface area contributed by atoms with Crippen LogP contribution in [0.1, 0.15) is 53.2 Å². The Hall–Kier alpha value is -2.38. The second-order valence-electron chi connectivity index (χ2n) is 8.34. The van der Waals surface area contributed by atoms with Crippen LogP contribution in [0.4, 0.5) is 11.4 Å². The lowest BCUT2D eigenvalue weighted by Gasteiger charge is -2.21. The summed E-state index contributed by atoms with van der Waals surface area (Å²) in [5, 5.41) is 4.21. The van der Waals surface area contributed by atoms with Gasteiger partial charge in [-0.3, -0.25) is 14.2 Å². The van der Waals surface area contributed by atoms with Gasteiger partial charge in [-0.25, -0.2) is 4.98 Å². The minimum absolute atomic E-state index is 0.0183. The Morgan fingerprint density at radius 2 is 1.90 bits per heavy atom. The van der Waals surface area contributed by atoms with Gasteiger partial charge >= 0.3 is 0 Å². The van der Waals surface area contributed by atoms with E-state index in [0.717, 1.165) is 63.1 Å². The van der Waals surface area contributed by atoms with Gasteiger partial charge in [-0.1, -0.05) is 18.0 Å². The zero-order valence-electron chi connectivity index (χ0n) is 17.5. The summed E-state index contributed by atoms with van der Waals surface area (Å²) in [6, 6.07) is 5.62. The molecule has 4 heterocycles. The Kier molecular flexibility index (Phi) is 5.48. The van der Waals surface area contributed by atoms with E-state index in [-0.39, 0.29) is 11.5 Å². The third-order valence-electron chi connectivity index (χ3n) is 6.27. The average molecular weight is 457 g/mol. The maximum absolute atomic E-state index is 13.3. The maximum atomic E-state index is 13.3. The molecule has 2 aliphatic heterocycles. The monoisotopic (exact) mass is 456 g/mol. The molecule has 0 spiro atoms. The Labute approximate surface area is 189 Å². The van der Waals surface area contributed by atoms with Gasteiger partial charge in [-0.05, 0) is 56.4 Å². The van der Waals surface area contributed by atoms with Crippen molar-refractivity contribution in [2.24, 2.45) is 0 Å². The number of amides is 1. The van der Waals surface area contributed by atoms with Crippen LogP contribution in [0.2, 0.25) is 5.02 Å². The van der Waals surface area contributed by atoms with Gasteiger partial charge in [-0.15, -0.1) is 11.3 Å². The normalized spacial score (nSPS) is 16.4. The first kappa shape index (κ1) is 20.5. The van der Waals surface area contributed by atoms with E-state index in [1.165, 1.54) is 11.3 Å². The third-order valence-corrected chi connectivity index (χ3v) is 7.69. The average Bonchev–Trinajstić information content (AvgIpc) is 3.31. The second kappa shape index (κ2) is 8.28. The highest BCUT2D eigenvalue weighted by Gasteiger charge is 2.24. The Bertz CT molecular complexity index is 1230. The Morgan fingerprint density at radius 3 is 2.71 bits per heavy atom. The van der Waals surface area contributed by atoms with Gasteiger partial charge in [0.25, 0.3) is 11.5 Å². The molecule has 0 saturated carbocycles.